The van der Waals surface area contributed by atoms with Crippen LogP contribution in [0.25, 0.3) is 21.9 Å². The van der Waals surface area contributed by atoms with E-state index in [0.29, 0.717) is 11.7 Å². The van der Waals surface area contributed by atoms with Gasteiger partial charge in [0.15, 0.2) is 0 Å². The predicted octanol–water partition coefficient (Wildman–Crippen LogP) is 9.13. The van der Waals surface area contributed by atoms with Gasteiger partial charge in [0.1, 0.15) is 5.78 Å². The zero-order chi connectivity index (χ0) is 24.2. The smallest absolute Gasteiger partial charge is 0.132 e. The molecule has 0 aliphatic heterocycles. The summed E-state index contributed by atoms with van der Waals surface area (Å²) in [6.45, 7) is 7.14. The van der Waals surface area contributed by atoms with Gasteiger partial charge in [0.2, 0.25) is 0 Å². The molecule has 0 N–H and O–H groups in total. The lowest BCUT2D eigenvalue weighted by atomic mass is 9.66. The number of carbonyl (C=O) groups excluding carboxylic acids is 1. The van der Waals surface area contributed by atoms with Crippen LogP contribution >= 0.6 is 0 Å². The number of carbonyl (C=O) groups is 1. The second kappa shape index (κ2) is 8.91. The molecule has 0 atom stereocenters. The van der Waals surface area contributed by atoms with Crippen LogP contribution in [0.5, 0.6) is 0 Å². The lowest BCUT2D eigenvalue weighted by molar-refractivity contribution is -0.121. The fourth-order valence-corrected chi connectivity index (χ4v) is 7.77. The van der Waals surface area contributed by atoms with Gasteiger partial charge in [0.05, 0.1) is 0 Å². The van der Waals surface area contributed by atoms with Crippen LogP contribution in [0.4, 0.5) is 0 Å². The Labute approximate surface area is 211 Å². The van der Waals surface area contributed by atoms with Crippen molar-refractivity contribution < 1.29 is 4.79 Å². The number of benzene rings is 3. The van der Waals surface area contributed by atoms with Gasteiger partial charge in [-0.3, -0.25) is 4.79 Å². The Hall–Kier alpha value is -2.41. The third-order valence-electron chi connectivity index (χ3n) is 9.83. The van der Waals surface area contributed by atoms with Gasteiger partial charge in [-0.15, -0.1) is 0 Å². The first-order valence-electron chi connectivity index (χ1n) is 14.2. The van der Waals surface area contributed by atoms with Crippen LogP contribution in [-0.4, -0.2) is 5.78 Å². The predicted molar refractivity (Wildman–Crippen MR) is 147 cm³/mol. The molecule has 3 aromatic rings. The van der Waals surface area contributed by atoms with Crippen molar-refractivity contribution in [2.75, 3.05) is 0 Å². The molecule has 0 amide bonds. The Morgan fingerprint density at radius 3 is 2.26 bits per heavy atom. The summed E-state index contributed by atoms with van der Waals surface area (Å²) in [6.07, 6.45) is 11.6. The second-order valence-corrected chi connectivity index (χ2v) is 12.2. The Balaban J connectivity index is 1.31. The van der Waals surface area contributed by atoms with Gasteiger partial charge >= 0.3 is 0 Å². The summed E-state index contributed by atoms with van der Waals surface area (Å²) in [5.41, 5.74) is 8.90. The van der Waals surface area contributed by atoms with Crippen LogP contribution in [0.1, 0.15) is 107 Å². The SMILES string of the molecule is CCCc1ccc2c3c(cccc13)C(C)(C)c1cc(C3CCC(C4CCC(=O)CC4)CC3)ccc1-2. The maximum Gasteiger partial charge on any atom is 0.132 e. The van der Waals surface area contributed by atoms with E-state index in [1.807, 2.05) is 0 Å². The summed E-state index contributed by atoms with van der Waals surface area (Å²) >= 11 is 0. The molecule has 0 heterocycles. The van der Waals surface area contributed by atoms with Crippen LogP contribution < -0.4 is 0 Å². The van der Waals surface area contributed by atoms with E-state index in [9.17, 15) is 4.79 Å². The van der Waals surface area contributed by atoms with Crippen molar-refractivity contribution in [1.82, 2.24) is 0 Å². The van der Waals surface area contributed by atoms with E-state index in [2.05, 4.69) is 69.3 Å². The molecule has 2 fully saturated rings. The van der Waals surface area contributed by atoms with Gasteiger partial charge in [-0.2, -0.15) is 0 Å². The third-order valence-corrected chi connectivity index (χ3v) is 9.83. The molecule has 0 unspecified atom stereocenters. The minimum Gasteiger partial charge on any atom is -0.300 e. The number of Topliss-reactive ketones (excluding diaryl/α,β-unsaturated/α-hetero) is 1. The lowest BCUT2D eigenvalue weighted by Gasteiger charge is -2.38. The van der Waals surface area contributed by atoms with E-state index in [4.69, 9.17) is 0 Å². The van der Waals surface area contributed by atoms with Crippen LogP contribution in [0.3, 0.4) is 0 Å². The molecule has 0 spiro atoms. The Morgan fingerprint density at radius 1 is 0.800 bits per heavy atom. The first-order chi connectivity index (χ1) is 17.0. The molecular weight excluding hydrogens is 424 g/mol. The van der Waals surface area contributed by atoms with E-state index >= 15 is 0 Å². The van der Waals surface area contributed by atoms with Crippen molar-refractivity contribution in [2.24, 2.45) is 11.8 Å². The molecule has 0 radical (unpaired) electrons. The largest absolute Gasteiger partial charge is 0.300 e. The standard InChI is InChI=1S/C34H40O/c1-4-6-25-15-20-30-29-19-16-26(21-32(29)34(2,3)31-8-5-7-28(25)33(30)31)24-11-9-22(10-12-24)23-13-17-27(35)18-14-23/h5,7-8,15-16,19-24H,4,6,9-14,17-18H2,1-3H3. The van der Waals surface area contributed by atoms with Gasteiger partial charge in [-0.1, -0.05) is 75.7 Å². The summed E-state index contributed by atoms with van der Waals surface area (Å²) in [5.74, 6) is 2.81. The molecule has 1 heteroatoms. The average Bonchev–Trinajstić information content (AvgIpc) is 2.88. The van der Waals surface area contributed by atoms with Crippen molar-refractivity contribution in [3.05, 3.63) is 70.8 Å². The maximum absolute atomic E-state index is 11.7. The number of ketones is 1. The molecule has 2 saturated carbocycles. The van der Waals surface area contributed by atoms with E-state index in [1.54, 1.807) is 5.56 Å². The zero-order valence-electron chi connectivity index (χ0n) is 21.8. The van der Waals surface area contributed by atoms with Gasteiger partial charge in [0, 0.05) is 18.3 Å². The van der Waals surface area contributed by atoms with Crippen LogP contribution in [0, 0.1) is 11.8 Å². The summed E-state index contributed by atoms with van der Waals surface area (Å²) in [6, 6.07) is 19.2. The molecule has 3 aromatic carbocycles. The van der Waals surface area contributed by atoms with Gasteiger partial charge in [-0.05, 0) is 107 Å². The highest BCUT2D eigenvalue weighted by molar-refractivity contribution is 6.04. The number of rotatable bonds is 4. The van der Waals surface area contributed by atoms with Crippen molar-refractivity contribution in [1.29, 1.82) is 0 Å². The normalized spacial score (nSPS) is 23.9. The highest BCUT2D eigenvalue weighted by atomic mass is 16.1. The molecule has 1 nitrogen and oxygen atoms in total. The van der Waals surface area contributed by atoms with Gasteiger partial charge in [0.25, 0.3) is 0 Å². The highest BCUT2D eigenvalue weighted by Crippen LogP contribution is 2.51. The van der Waals surface area contributed by atoms with Gasteiger partial charge < -0.3 is 0 Å². The van der Waals surface area contributed by atoms with E-state index in [1.165, 1.54) is 70.7 Å². The number of hydrogen-bond donors (Lipinski definition) is 0. The van der Waals surface area contributed by atoms with Crippen LogP contribution in [-0.2, 0) is 16.6 Å². The summed E-state index contributed by atoms with van der Waals surface area (Å²) in [5, 5.41) is 2.93. The molecule has 0 saturated heterocycles. The summed E-state index contributed by atoms with van der Waals surface area (Å²) in [4.78, 5) is 11.7. The van der Waals surface area contributed by atoms with Crippen molar-refractivity contribution in [2.45, 2.75) is 96.3 Å². The Kier molecular flexibility index (Phi) is 5.86. The molecular formula is C34H40O. The average molecular weight is 465 g/mol. The third kappa shape index (κ3) is 3.87. The zero-order valence-corrected chi connectivity index (χ0v) is 21.8. The van der Waals surface area contributed by atoms with E-state index < -0.39 is 0 Å². The fourth-order valence-electron chi connectivity index (χ4n) is 7.77. The fraction of sp³-hybridized carbons (Fsp3) is 0.500. The molecule has 0 bridgehead atoms. The van der Waals surface area contributed by atoms with E-state index in [-0.39, 0.29) is 5.41 Å². The quantitative estimate of drug-likeness (QED) is 0.376. The number of fused-ring (bicyclic) bond motifs is 2. The van der Waals surface area contributed by atoms with Crippen molar-refractivity contribution in [3.63, 3.8) is 0 Å². The molecule has 35 heavy (non-hydrogen) atoms. The topological polar surface area (TPSA) is 17.1 Å². The molecule has 6 rings (SSSR count). The molecule has 3 aliphatic carbocycles. The molecule has 182 valence electrons. The highest BCUT2D eigenvalue weighted by Gasteiger charge is 2.35. The minimum atomic E-state index is 0.00846. The summed E-state index contributed by atoms with van der Waals surface area (Å²) < 4.78 is 0. The lowest BCUT2D eigenvalue weighted by Crippen LogP contribution is -2.26. The Morgan fingerprint density at radius 2 is 1.51 bits per heavy atom. The van der Waals surface area contributed by atoms with Crippen LogP contribution in [0.2, 0.25) is 0 Å². The van der Waals surface area contributed by atoms with Crippen LogP contribution in [0.15, 0.2) is 48.5 Å². The number of hydrogen-bond acceptors (Lipinski definition) is 1. The first-order valence-corrected chi connectivity index (χ1v) is 14.2. The van der Waals surface area contributed by atoms with E-state index in [0.717, 1.165) is 43.9 Å². The maximum atomic E-state index is 11.7. The second-order valence-electron chi connectivity index (χ2n) is 12.2. The molecule has 0 aromatic heterocycles. The van der Waals surface area contributed by atoms with Crippen molar-refractivity contribution >= 4 is 16.6 Å². The minimum absolute atomic E-state index is 0.00846. The Bertz CT molecular complexity index is 1260. The number of aryl methyl sites for hydroxylation is 1. The van der Waals surface area contributed by atoms with Crippen molar-refractivity contribution in [3.8, 4) is 11.1 Å². The first kappa shape index (κ1) is 23.0. The van der Waals surface area contributed by atoms with Gasteiger partial charge in [-0.25, -0.2) is 0 Å². The monoisotopic (exact) mass is 464 g/mol. The summed E-state index contributed by atoms with van der Waals surface area (Å²) in [7, 11) is 0. The molecule has 3 aliphatic rings.